The summed E-state index contributed by atoms with van der Waals surface area (Å²) >= 11 is 12.8. The van der Waals surface area contributed by atoms with Crippen molar-refractivity contribution in [1.82, 2.24) is 14.5 Å². The van der Waals surface area contributed by atoms with Gasteiger partial charge in [-0.2, -0.15) is 0 Å². The lowest BCUT2D eigenvalue weighted by atomic mass is 9.95. The molecule has 0 aliphatic heterocycles. The number of carbonyl (C=O) groups is 2. The molecule has 3 rings (SSSR count). The van der Waals surface area contributed by atoms with E-state index in [0.717, 1.165) is 25.7 Å². The SMILES string of the molecule is CCC(C(=O)NC1CCCCC1)N(Cc1c(Cl)cccc1Cl)C(=O)CCCN(C)S(=O)(=O)c1ccccc1. The van der Waals surface area contributed by atoms with Crippen molar-refractivity contribution < 1.29 is 18.0 Å². The molecule has 1 aliphatic carbocycles. The Morgan fingerprint density at radius 1 is 1.00 bits per heavy atom. The van der Waals surface area contributed by atoms with Crippen molar-refractivity contribution in [3.05, 3.63) is 64.1 Å². The van der Waals surface area contributed by atoms with Crippen molar-refractivity contribution in [2.24, 2.45) is 0 Å². The molecule has 0 spiro atoms. The summed E-state index contributed by atoms with van der Waals surface area (Å²) in [5.74, 6) is -0.433. The zero-order chi connectivity index (χ0) is 27.7. The average Bonchev–Trinajstić information content (AvgIpc) is 2.91. The molecule has 10 heteroatoms. The minimum atomic E-state index is -3.66. The van der Waals surface area contributed by atoms with Crippen LogP contribution in [0.25, 0.3) is 0 Å². The number of halogens is 2. The summed E-state index contributed by atoms with van der Waals surface area (Å²) in [5, 5.41) is 3.99. The maximum Gasteiger partial charge on any atom is 0.243 e. The van der Waals surface area contributed by atoms with Gasteiger partial charge >= 0.3 is 0 Å². The Morgan fingerprint density at radius 3 is 2.24 bits per heavy atom. The normalized spacial score (nSPS) is 15.3. The van der Waals surface area contributed by atoms with Crippen LogP contribution in [-0.2, 0) is 26.2 Å². The van der Waals surface area contributed by atoms with Gasteiger partial charge in [-0.15, -0.1) is 0 Å². The molecule has 38 heavy (non-hydrogen) atoms. The first-order valence-corrected chi connectivity index (χ1v) is 15.4. The second-order valence-electron chi connectivity index (χ2n) is 9.73. The highest BCUT2D eigenvalue weighted by atomic mass is 35.5. The highest BCUT2D eigenvalue weighted by Crippen LogP contribution is 2.28. The fraction of sp³-hybridized carbons (Fsp3) is 0.500. The van der Waals surface area contributed by atoms with Crippen LogP contribution in [0.2, 0.25) is 10.0 Å². The molecule has 7 nitrogen and oxygen atoms in total. The number of sulfonamides is 1. The molecule has 0 heterocycles. The first-order chi connectivity index (χ1) is 18.1. The summed E-state index contributed by atoms with van der Waals surface area (Å²) in [6, 6.07) is 12.8. The molecule has 1 atom stereocenters. The number of carbonyl (C=O) groups excluding carboxylic acids is 2. The topological polar surface area (TPSA) is 86.8 Å². The molecule has 2 aromatic rings. The third-order valence-electron chi connectivity index (χ3n) is 7.04. The molecule has 1 aliphatic rings. The van der Waals surface area contributed by atoms with Gasteiger partial charge in [-0.1, -0.05) is 73.7 Å². The molecule has 0 bridgehead atoms. The smallest absolute Gasteiger partial charge is 0.243 e. The molecular weight excluding hydrogens is 545 g/mol. The first kappa shape index (κ1) is 30.4. The minimum Gasteiger partial charge on any atom is -0.352 e. The first-order valence-electron chi connectivity index (χ1n) is 13.2. The molecule has 0 radical (unpaired) electrons. The van der Waals surface area contributed by atoms with E-state index in [1.54, 1.807) is 48.5 Å². The molecule has 2 aromatic carbocycles. The second-order valence-corrected chi connectivity index (χ2v) is 12.6. The van der Waals surface area contributed by atoms with Crippen molar-refractivity contribution in [3.63, 3.8) is 0 Å². The zero-order valence-electron chi connectivity index (χ0n) is 22.0. The molecule has 1 N–H and O–H groups in total. The Labute approximate surface area is 236 Å². The molecule has 1 unspecified atom stereocenters. The second kappa shape index (κ2) is 14.3. The molecule has 1 saturated carbocycles. The maximum absolute atomic E-state index is 13.6. The van der Waals surface area contributed by atoms with Crippen LogP contribution < -0.4 is 5.32 Å². The highest BCUT2D eigenvalue weighted by Gasteiger charge is 2.31. The van der Waals surface area contributed by atoms with Crippen LogP contribution in [0.4, 0.5) is 0 Å². The fourth-order valence-electron chi connectivity index (χ4n) is 4.81. The number of amides is 2. The summed E-state index contributed by atoms with van der Waals surface area (Å²) < 4.78 is 26.9. The lowest BCUT2D eigenvalue weighted by Gasteiger charge is -2.33. The molecular formula is C28H37Cl2N3O4S. The monoisotopic (exact) mass is 581 g/mol. The predicted molar refractivity (Wildman–Crippen MR) is 152 cm³/mol. The van der Waals surface area contributed by atoms with E-state index in [1.165, 1.54) is 22.7 Å². The quantitative estimate of drug-likeness (QED) is 0.351. The Balaban J connectivity index is 1.74. The van der Waals surface area contributed by atoms with Crippen molar-refractivity contribution >= 4 is 45.0 Å². The van der Waals surface area contributed by atoms with E-state index in [9.17, 15) is 18.0 Å². The lowest BCUT2D eigenvalue weighted by Crippen LogP contribution is -2.51. The largest absolute Gasteiger partial charge is 0.352 e. The van der Waals surface area contributed by atoms with Gasteiger partial charge in [-0.3, -0.25) is 9.59 Å². The number of hydrogen-bond acceptors (Lipinski definition) is 4. The van der Waals surface area contributed by atoms with Gasteiger partial charge in [0.05, 0.1) is 4.90 Å². The Bertz CT molecular complexity index is 1170. The van der Waals surface area contributed by atoms with Crippen molar-refractivity contribution in [3.8, 4) is 0 Å². The van der Waals surface area contributed by atoms with Gasteiger partial charge in [0.15, 0.2) is 0 Å². The van der Waals surface area contributed by atoms with Gasteiger partial charge in [-0.25, -0.2) is 12.7 Å². The third-order valence-corrected chi connectivity index (χ3v) is 9.62. The van der Waals surface area contributed by atoms with Crippen LogP contribution in [0.15, 0.2) is 53.4 Å². The molecule has 1 fully saturated rings. The highest BCUT2D eigenvalue weighted by molar-refractivity contribution is 7.89. The number of rotatable bonds is 12. The summed E-state index contributed by atoms with van der Waals surface area (Å²) in [6.07, 6.45) is 6.02. The Hall–Kier alpha value is -2.13. The van der Waals surface area contributed by atoms with Crippen LogP contribution in [0, 0.1) is 0 Å². The summed E-state index contributed by atoms with van der Waals surface area (Å²) in [4.78, 5) is 28.7. The van der Waals surface area contributed by atoms with Gasteiger partial charge in [-0.05, 0) is 49.9 Å². The summed E-state index contributed by atoms with van der Waals surface area (Å²) in [7, 11) is -2.16. The van der Waals surface area contributed by atoms with Gasteiger partial charge < -0.3 is 10.2 Å². The predicted octanol–water partition coefficient (Wildman–Crippen LogP) is 5.65. The number of nitrogens with zero attached hydrogens (tertiary/aromatic N) is 2. The third kappa shape index (κ3) is 7.94. The van der Waals surface area contributed by atoms with E-state index in [4.69, 9.17) is 23.2 Å². The zero-order valence-corrected chi connectivity index (χ0v) is 24.4. The van der Waals surface area contributed by atoms with Crippen LogP contribution in [0.3, 0.4) is 0 Å². The standard InChI is InChI=1S/C28H37Cl2N3O4S/c1-3-26(28(35)31-21-12-6-4-7-13-21)33(20-23-24(29)16-10-17-25(23)30)27(34)18-11-19-32(2)38(36,37)22-14-8-5-9-15-22/h5,8-10,14-17,21,26H,3-4,6-7,11-13,18-20H2,1-2H3,(H,31,35). The van der Waals surface area contributed by atoms with Crippen LogP contribution in [0.1, 0.15) is 63.9 Å². The lowest BCUT2D eigenvalue weighted by molar-refractivity contribution is -0.141. The maximum atomic E-state index is 13.6. The minimum absolute atomic E-state index is 0.0733. The Kier molecular flexibility index (Phi) is 11.5. The van der Waals surface area contributed by atoms with Crippen LogP contribution >= 0.6 is 23.2 Å². The number of benzene rings is 2. The molecule has 2 amide bonds. The summed E-state index contributed by atoms with van der Waals surface area (Å²) in [6.45, 7) is 2.13. The number of hydrogen-bond donors (Lipinski definition) is 1. The molecule has 0 saturated heterocycles. The fourth-order valence-corrected chi connectivity index (χ4v) is 6.55. The van der Waals surface area contributed by atoms with Gasteiger partial charge in [0.25, 0.3) is 0 Å². The van der Waals surface area contributed by atoms with E-state index < -0.39 is 16.1 Å². The van der Waals surface area contributed by atoms with Gasteiger partial charge in [0, 0.05) is 48.2 Å². The summed E-state index contributed by atoms with van der Waals surface area (Å²) in [5.41, 5.74) is 0.580. The van der Waals surface area contributed by atoms with Gasteiger partial charge in [0.1, 0.15) is 6.04 Å². The Morgan fingerprint density at radius 2 is 1.63 bits per heavy atom. The van der Waals surface area contributed by atoms with E-state index in [0.29, 0.717) is 28.5 Å². The molecule has 0 aromatic heterocycles. The van der Waals surface area contributed by atoms with E-state index in [2.05, 4.69) is 5.32 Å². The van der Waals surface area contributed by atoms with E-state index in [-0.39, 0.29) is 42.3 Å². The van der Waals surface area contributed by atoms with Crippen molar-refractivity contribution in [2.45, 2.75) is 81.8 Å². The molecule has 208 valence electrons. The van der Waals surface area contributed by atoms with E-state index >= 15 is 0 Å². The van der Waals surface area contributed by atoms with Crippen LogP contribution in [0.5, 0.6) is 0 Å². The van der Waals surface area contributed by atoms with Gasteiger partial charge in [0.2, 0.25) is 21.8 Å². The van der Waals surface area contributed by atoms with Crippen molar-refractivity contribution in [1.29, 1.82) is 0 Å². The van der Waals surface area contributed by atoms with Crippen LogP contribution in [-0.4, -0.2) is 55.1 Å². The number of nitrogens with one attached hydrogen (secondary N) is 1. The van der Waals surface area contributed by atoms with E-state index in [1.807, 2.05) is 6.92 Å². The average molecular weight is 583 g/mol. The van der Waals surface area contributed by atoms with Crippen molar-refractivity contribution in [2.75, 3.05) is 13.6 Å².